The quantitative estimate of drug-likeness (QED) is 0.522. The van der Waals surface area contributed by atoms with Crippen LogP contribution in [0.1, 0.15) is 36.8 Å². The Kier molecular flexibility index (Phi) is 6.10. The van der Waals surface area contributed by atoms with Crippen LogP contribution >= 0.6 is 24.0 Å². The van der Waals surface area contributed by atoms with Crippen LogP contribution in [0.3, 0.4) is 0 Å². The van der Waals surface area contributed by atoms with Gasteiger partial charge in [-0.2, -0.15) is 0 Å². The number of hydrogen-bond donors (Lipinski definition) is 1. The van der Waals surface area contributed by atoms with Crippen molar-refractivity contribution in [3.05, 3.63) is 44.7 Å². The van der Waals surface area contributed by atoms with E-state index in [2.05, 4.69) is 4.90 Å². The molecule has 31 heavy (non-hydrogen) atoms. The second kappa shape index (κ2) is 8.80. The van der Waals surface area contributed by atoms with Crippen molar-refractivity contribution in [3.8, 4) is 0 Å². The molecule has 162 valence electrons. The van der Waals surface area contributed by atoms with Gasteiger partial charge in [-0.15, -0.1) is 0 Å². The number of rotatable bonds is 6. The molecule has 0 aromatic carbocycles. The number of carbonyl (C=O) groups is 2. The number of carboxylic acid groups (broad SMARTS) is 1. The SMILES string of the molecule is Cc1cccn2c(=O)c(C=C3SC(=S)N(CCCC(=O)O)C3=O)c(N3CCCC3)nc12. The number of aliphatic carboxylic acids is 1. The van der Waals surface area contributed by atoms with Gasteiger partial charge in [0.25, 0.3) is 11.5 Å². The fourth-order valence-corrected chi connectivity index (χ4v) is 5.10. The molecule has 2 aliphatic heterocycles. The highest BCUT2D eigenvalue weighted by atomic mass is 32.2. The Hall–Kier alpha value is -2.72. The van der Waals surface area contributed by atoms with E-state index in [-0.39, 0.29) is 24.4 Å². The second-order valence-corrected chi connectivity index (χ2v) is 9.24. The number of nitrogens with zero attached hydrogens (tertiary/aromatic N) is 4. The highest BCUT2D eigenvalue weighted by Crippen LogP contribution is 2.34. The van der Waals surface area contributed by atoms with Crippen LogP contribution in [0.15, 0.2) is 28.0 Å². The van der Waals surface area contributed by atoms with Crippen molar-refractivity contribution in [1.29, 1.82) is 0 Å². The van der Waals surface area contributed by atoms with Crippen LogP contribution in [0, 0.1) is 6.92 Å². The average molecular weight is 459 g/mol. The first-order valence-electron chi connectivity index (χ1n) is 10.1. The molecule has 0 radical (unpaired) electrons. The summed E-state index contributed by atoms with van der Waals surface area (Å²) in [5.74, 6) is -0.628. The van der Waals surface area contributed by atoms with E-state index >= 15 is 0 Å². The van der Waals surface area contributed by atoms with Crippen molar-refractivity contribution in [2.24, 2.45) is 0 Å². The lowest BCUT2D eigenvalue weighted by Crippen LogP contribution is -2.30. The molecule has 1 amide bonds. The van der Waals surface area contributed by atoms with E-state index in [1.54, 1.807) is 18.3 Å². The van der Waals surface area contributed by atoms with Crippen LogP contribution in [0.5, 0.6) is 0 Å². The maximum Gasteiger partial charge on any atom is 0.303 e. The summed E-state index contributed by atoms with van der Waals surface area (Å²) in [5.41, 5.74) is 1.65. The summed E-state index contributed by atoms with van der Waals surface area (Å²) >= 11 is 6.46. The third-order valence-electron chi connectivity index (χ3n) is 5.39. The van der Waals surface area contributed by atoms with Crippen LogP contribution in [-0.4, -0.2) is 55.2 Å². The Morgan fingerprint density at radius 1 is 1.32 bits per heavy atom. The number of amides is 1. The Morgan fingerprint density at radius 2 is 2.06 bits per heavy atom. The molecule has 1 N–H and O–H groups in total. The highest BCUT2D eigenvalue weighted by molar-refractivity contribution is 8.26. The summed E-state index contributed by atoms with van der Waals surface area (Å²) in [5, 5.41) is 8.84. The zero-order valence-corrected chi connectivity index (χ0v) is 18.7. The number of aryl methyl sites for hydroxylation is 1. The summed E-state index contributed by atoms with van der Waals surface area (Å²) in [4.78, 5) is 45.7. The Balaban J connectivity index is 1.76. The van der Waals surface area contributed by atoms with Crippen LogP contribution < -0.4 is 10.5 Å². The molecule has 2 saturated heterocycles. The summed E-state index contributed by atoms with van der Waals surface area (Å²) < 4.78 is 1.88. The average Bonchev–Trinajstić information content (AvgIpc) is 3.34. The Labute approximate surface area is 188 Å². The van der Waals surface area contributed by atoms with Gasteiger partial charge in [-0.25, -0.2) is 4.98 Å². The molecule has 2 aromatic heterocycles. The standard InChI is InChI=1S/C21H22N4O4S2/c1-13-6-4-10-24-17(13)22-18(23-8-2-3-9-23)14(19(24)28)12-15-20(29)25(21(30)31-15)11-5-7-16(26)27/h4,6,10,12H,2-3,5,7-9,11H2,1H3,(H,26,27). The molecule has 0 aliphatic carbocycles. The molecule has 8 nitrogen and oxygen atoms in total. The van der Waals surface area contributed by atoms with E-state index < -0.39 is 5.97 Å². The normalized spacial score (nSPS) is 18.0. The van der Waals surface area contributed by atoms with E-state index in [0.717, 1.165) is 43.3 Å². The molecule has 0 spiro atoms. The number of carboxylic acids is 1. The van der Waals surface area contributed by atoms with Gasteiger partial charge in [-0.05, 0) is 43.9 Å². The van der Waals surface area contributed by atoms with E-state index in [0.29, 0.717) is 32.7 Å². The number of fused-ring (bicyclic) bond motifs is 1. The first-order chi connectivity index (χ1) is 14.9. The van der Waals surface area contributed by atoms with Crippen molar-refractivity contribution in [2.45, 2.75) is 32.6 Å². The van der Waals surface area contributed by atoms with Gasteiger partial charge in [0.15, 0.2) is 0 Å². The van der Waals surface area contributed by atoms with Gasteiger partial charge in [0, 0.05) is 32.3 Å². The first-order valence-corrected chi connectivity index (χ1v) is 11.3. The van der Waals surface area contributed by atoms with Gasteiger partial charge >= 0.3 is 5.97 Å². The van der Waals surface area contributed by atoms with Gasteiger partial charge in [0.1, 0.15) is 15.8 Å². The first kappa shape index (κ1) is 21.5. The van der Waals surface area contributed by atoms with Crippen molar-refractivity contribution >= 4 is 57.7 Å². The topological polar surface area (TPSA) is 95.2 Å². The van der Waals surface area contributed by atoms with Crippen molar-refractivity contribution in [3.63, 3.8) is 0 Å². The fraction of sp³-hybridized carbons (Fsp3) is 0.381. The predicted octanol–water partition coefficient (Wildman–Crippen LogP) is 2.67. The summed E-state index contributed by atoms with van der Waals surface area (Å²) in [6.45, 7) is 3.77. The molecule has 2 aliphatic rings. The third-order valence-corrected chi connectivity index (χ3v) is 6.77. The number of thioether (sulfide) groups is 1. The fourth-order valence-electron chi connectivity index (χ4n) is 3.81. The van der Waals surface area contributed by atoms with Gasteiger partial charge < -0.3 is 10.0 Å². The summed E-state index contributed by atoms with van der Waals surface area (Å²) in [6.07, 6.45) is 5.60. The van der Waals surface area contributed by atoms with E-state index in [1.165, 1.54) is 9.30 Å². The van der Waals surface area contributed by atoms with Crippen LogP contribution in [0.4, 0.5) is 5.82 Å². The van der Waals surface area contributed by atoms with Crippen molar-refractivity contribution in [2.75, 3.05) is 24.5 Å². The van der Waals surface area contributed by atoms with Crippen LogP contribution in [-0.2, 0) is 9.59 Å². The number of carbonyl (C=O) groups excluding carboxylic acids is 1. The molecule has 0 bridgehead atoms. The van der Waals surface area contributed by atoms with E-state index in [1.807, 2.05) is 13.0 Å². The minimum atomic E-state index is -0.915. The Bertz CT molecular complexity index is 1170. The molecular formula is C21H22N4O4S2. The van der Waals surface area contributed by atoms with Gasteiger partial charge in [-0.1, -0.05) is 30.0 Å². The number of hydrogen-bond acceptors (Lipinski definition) is 7. The summed E-state index contributed by atoms with van der Waals surface area (Å²) in [6, 6.07) is 3.71. The molecule has 0 unspecified atom stereocenters. The van der Waals surface area contributed by atoms with Crippen LogP contribution in [0.25, 0.3) is 11.7 Å². The van der Waals surface area contributed by atoms with Crippen molar-refractivity contribution < 1.29 is 14.7 Å². The minimum absolute atomic E-state index is 0.0372. The molecule has 2 aromatic rings. The molecule has 10 heteroatoms. The molecule has 2 fully saturated rings. The van der Waals surface area contributed by atoms with Gasteiger partial charge in [-0.3, -0.25) is 23.7 Å². The number of aromatic nitrogens is 2. The smallest absolute Gasteiger partial charge is 0.303 e. The molecule has 0 saturated carbocycles. The molecule has 4 rings (SSSR count). The second-order valence-electron chi connectivity index (χ2n) is 7.56. The van der Waals surface area contributed by atoms with Gasteiger partial charge in [0.2, 0.25) is 0 Å². The van der Waals surface area contributed by atoms with Crippen molar-refractivity contribution in [1.82, 2.24) is 14.3 Å². The third kappa shape index (κ3) is 4.22. The number of thiocarbonyl (C=S) groups is 1. The maximum atomic E-state index is 13.4. The van der Waals surface area contributed by atoms with Gasteiger partial charge in [0.05, 0.1) is 10.5 Å². The zero-order valence-electron chi connectivity index (χ0n) is 17.0. The minimum Gasteiger partial charge on any atom is -0.481 e. The largest absolute Gasteiger partial charge is 0.481 e. The van der Waals surface area contributed by atoms with E-state index in [4.69, 9.17) is 22.3 Å². The maximum absolute atomic E-state index is 13.4. The highest BCUT2D eigenvalue weighted by Gasteiger charge is 2.33. The summed E-state index contributed by atoms with van der Waals surface area (Å²) in [7, 11) is 0. The van der Waals surface area contributed by atoms with E-state index in [9.17, 15) is 14.4 Å². The molecular weight excluding hydrogens is 436 g/mol. The lowest BCUT2D eigenvalue weighted by Gasteiger charge is -2.20. The zero-order chi connectivity index (χ0) is 22.1. The lowest BCUT2D eigenvalue weighted by atomic mass is 10.2. The monoisotopic (exact) mass is 458 g/mol. The lowest BCUT2D eigenvalue weighted by molar-refractivity contribution is -0.137. The number of anilines is 1. The molecule has 0 atom stereocenters. The predicted molar refractivity (Wildman–Crippen MR) is 124 cm³/mol. The van der Waals surface area contributed by atoms with Crippen LogP contribution in [0.2, 0.25) is 0 Å². The number of pyridine rings is 1. The molecule has 4 heterocycles. The Morgan fingerprint density at radius 3 is 2.77 bits per heavy atom.